The fourth-order valence-electron chi connectivity index (χ4n) is 1.31. The van der Waals surface area contributed by atoms with E-state index in [9.17, 15) is 0 Å². The second-order valence-electron chi connectivity index (χ2n) is 3.24. The van der Waals surface area contributed by atoms with Gasteiger partial charge in [0.2, 0.25) is 0 Å². The largest absolute Gasteiger partial charge is 0.309 e. The number of amidine groups is 1. The molecule has 5 heteroatoms. The summed E-state index contributed by atoms with van der Waals surface area (Å²) >= 11 is 11.2. The summed E-state index contributed by atoms with van der Waals surface area (Å²) < 4.78 is 0. The summed E-state index contributed by atoms with van der Waals surface area (Å²) in [5.74, 6) is 0. The van der Waals surface area contributed by atoms with E-state index in [1.54, 1.807) is 0 Å². The first-order chi connectivity index (χ1) is 7.28. The molecule has 1 aromatic rings. The van der Waals surface area contributed by atoms with Gasteiger partial charge in [0, 0.05) is 16.4 Å². The molecule has 2 rings (SSSR count). The summed E-state index contributed by atoms with van der Waals surface area (Å²) in [4.78, 5) is 3.32. The van der Waals surface area contributed by atoms with Gasteiger partial charge >= 0.3 is 5.17 Å². The Bertz CT molecular complexity index is 383. The third-order valence-corrected chi connectivity index (χ3v) is 4.62. The third kappa shape index (κ3) is 3.13. The van der Waals surface area contributed by atoms with Gasteiger partial charge in [0.15, 0.2) is 0 Å². The van der Waals surface area contributed by atoms with Crippen molar-refractivity contribution in [3.8, 4) is 0 Å². The van der Waals surface area contributed by atoms with Gasteiger partial charge < -0.3 is 0 Å². The molecular weight excluding hydrogens is 296 g/mol. The predicted molar refractivity (Wildman–Crippen MR) is 71.1 cm³/mol. The van der Waals surface area contributed by atoms with Gasteiger partial charge in [0.1, 0.15) is 5.69 Å². The zero-order valence-electron chi connectivity index (χ0n) is 7.97. The van der Waals surface area contributed by atoms with E-state index in [1.165, 1.54) is 0 Å². The Morgan fingerprint density at radius 2 is 2.47 bits per heavy atom. The van der Waals surface area contributed by atoms with Gasteiger partial charge in [-0.15, -0.1) is 0 Å². The van der Waals surface area contributed by atoms with Crippen molar-refractivity contribution in [2.45, 2.75) is 5.25 Å². The molecule has 15 heavy (non-hydrogen) atoms. The first-order valence-corrected chi connectivity index (χ1v) is 7.02. The maximum Gasteiger partial charge on any atom is 0.309 e. The Morgan fingerprint density at radius 3 is 3.13 bits per heavy atom. The zero-order valence-corrected chi connectivity index (χ0v) is 11.1. The summed E-state index contributed by atoms with van der Waals surface area (Å²) in [7, 11) is 0. The van der Waals surface area contributed by atoms with Crippen LogP contribution < -0.4 is 10.3 Å². The molecule has 0 saturated heterocycles. The van der Waals surface area contributed by atoms with Crippen LogP contribution in [0.3, 0.4) is 0 Å². The Labute approximate surface area is 107 Å². The minimum atomic E-state index is 0.603. The first-order valence-electron chi connectivity index (χ1n) is 4.64. The number of anilines is 1. The van der Waals surface area contributed by atoms with Crippen LogP contribution in [0.4, 0.5) is 5.69 Å². The van der Waals surface area contributed by atoms with Crippen molar-refractivity contribution in [2.24, 2.45) is 0 Å². The van der Waals surface area contributed by atoms with Crippen molar-refractivity contribution >= 4 is 50.1 Å². The standard InChI is InChI=1S/C10H10BrClN2S/c11-5-9-6-13-10(15-9)14-8-3-1-2-7(12)4-8/h1-4,9H,5-6H2,(H,13,14)/p+1. The van der Waals surface area contributed by atoms with Crippen molar-refractivity contribution in [1.29, 1.82) is 0 Å². The molecule has 1 aromatic carbocycles. The van der Waals surface area contributed by atoms with Crippen molar-refractivity contribution in [3.63, 3.8) is 0 Å². The molecule has 0 amide bonds. The molecule has 1 aliphatic rings. The van der Waals surface area contributed by atoms with E-state index in [0.29, 0.717) is 5.25 Å². The second-order valence-corrected chi connectivity index (χ2v) is 5.63. The quantitative estimate of drug-likeness (QED) is 0.814. The average Bonchev–Trinajstić information content (AvgIpc) is 2.65. The van der Waals surface area contributed by atoms with E-state index in [2.05, 4.69) is 26.2 Å². The van der Waals surface area contributed by atoms with Gasteiger partial charge in [-0.25, -0.2) is 5.32 Å². The molecule has 0 aromatic heterocycles. The molecular formula is C10H11BrClN2S+. The predicted octanol–water partition coefficient (Wildman–Crippen LogP) is 1.70. The highest BCUT2D eigenvalue weighted by molar-refractivity contribution is 9.09. The van der Waals surface area contributed by atoms with Gasteiger partial charge in [-0.05, 0) is 23.9 Å². The van der Waals surface area contributed by atoms with Crippen LogP contribution in [0.25, 0.3) is 0 Å². The molecule has 80 valence electrons. The molecule has 0 bridgehead atoms. The van der Waals surface area contributed by atoms with E-state index >= 15 is 0 Å². The summed E-state index contributed by atoms with van der Waals surface area (Å²) in [6.45, 7) is 0.999. The smallest absolute Gasteiger partial charge is 0.267 e. The zero-order chi connectivity index (χ0) is 10.7. The number of rotatable bonds is 2. The lowest BCUT2D eigenvalue weighted by Crippen LogP contribution is -2.72. The van der Waals surface area contributed by atoms with Crippen LogP contribution >= 0.6 is 39.3 Å². The normalized spacial score (nSPS) is 20.1. The molecule has 0 spiro atoms. The Morgan fingerprint density at radius 1 is 1.60 bits per heavy atom. The highest BCUT2D eigenvalue weighted by Crippen LogP contribution is 2.19. The van der Waals surface area contributed by atoms with E-state index in [1.807, 2.05) is 36.0 Å². The van der Waals surface area contributed by atoms with Crippen LogP contribution in [0.2, 0.25) is 5.02 Å². The van der Waals surface area contributed by atoms with Crippen LogP contribution in [0.5, 0.6) is 0 Å². The van der Waals surface area contributed by atoms with Gasteiger partial charge in [-0.2, -0.15) is 0 Å². The van der Waals surface area contributed by atoms with E-state index in [0.717, 1.165) is 27.8 Å². The molecule has 0 saturated carbocycles. The van der Waals surface area contributed by atoms with Crippen molar-refractivity contribution < 1.29 is 4.99 Å². The van der Waals surface area contributed by atoms with Crippen LogP contribution in [-0.2, 0) is 0 Å². The average molecular weight is 307 g/mol. The molecule has 2 N–H and O–H groups in total. The second kappa shape index (κ2) is 5.23. The van der Waals surface area contributed by atoms with Gasteiger partial charge in [-0.3, -0.25) is 4.99 Å². The monoisotopic (exact) mass is 305 g/mol. The minimum Gasteiger partial charge on any atom is -0.267 e. The topological polar surface area (TPSA) is 26.0 Å². The lowest BCUT2D eigenvalue weighted by atomic mass is 10.3. The fraction of sp³-hybridized carbons (Fsp3) is 0.300. The van der Waals surface area contributed by atoms with E-state index in [4.69, 9.17) is 11.6 Å². The minimum absolute atomic E-state index is 0.603. The van der Waals surface area contributed by atoms with Crippen LogP contribution in [-0.4, -0.2) is 22.3 Å². The molecule has 1 heterocycles. The molecule has 2 nitrogen and oxygen atoms in total. The summed E-state index contributed by atoms with van der Waals surface area (Å²) in [6, 6.07) is 7.72. The molecule has 0 radical (unpaired) electrons. The van der Waals surface area contributed by atoms with Gasteiger partial charge in [0.05, 0.1) is 11.8 Å². The third-order valence-electron chi connectivity index (χ3n) is 2.03. The first kappa shape index (κ1) is 11.3. The van der Waals surface area contributed by atoms with Crippen LogP contribution in [0.15, 0.2) is 24.3 Å². The molecule has 1 atom stereocenters. The highest BCUT2D eigenvalue weighted by Gasteiger charge is 2.23. The van der Waals surface area contributed by atoms with Crippen LogP contribution in [0, 0.1) is 0 Å². The summed E-state index contributed by atoms with van der Waals surface area (Å²) in [6.07, 6.45) is 0. The number of hydrogen-bond donors (Lipinski definition) is 2. The van der Waals surface area contributed by atoms with E-state index in [-0.39, 0.29) is 0 Å². The highest BCUT2D eigenvalue weighted by atomic mass is 79.9. The number of halogens is 2. The summed E-state index contributed by atoms with van der Waals surface area (Å²) in [5.41, 5.74) is 1.02. The number of alkyl halides is 1. The maximum absolute atomic E-state index is 5.90. The van der Waals surface area contributed by atoms with Crippen LogP contribution in [0.1, 0.15) is 0 Å². The van der Waals surface area contributed by atoms with Crippen molar-refractivity contribution in [1.82, 2.24) is 0 Å². The lowest BCUT2D eigenvalue weighted by Gasteiger charge is -2.00. The number of nitrogens with one attached hydrogen (secondary N) is 2. The lowest BCUT2D eigenvalue weighted by molar-refractivity contribution is -0.448. The number of thioether (sulfide) groups is 1. The summed E-state index contributed by atoms with van der Waals surface area (Å²) in [5, 5.41) is 6.77. The van der Waals surface area contributed by atoms with Crippen molar-refractivity contribution in [2.75, 3.05) is 17.2 Å². The van der Waals surface area contributed by atoms with Gasteiger partial charge in [0.25, 0.3) is 0 Å². The number of benzene rings is 1. The SMILES string of the molecule is Clc1cccc(NC2=[NH+]CC(CBr)S2)c1. The molecule has 0 fully saturated rings. The Hall–Kier alpha value is -0.190. The van der Waals surface area contributed by atoms with E-state index < -0.39 is 0 Å². The Kier molecular flexibility index (Phi) is 3.94. The maximum atomic E-state index is 5.90. The van der Waals surface area contributed by atoms with Gasteiger partial charge in [-0.1, -0.05) is 33.6 Å². The fourth-order valence-corrected chi connectivity index (χ4v) is 3.04. The Balaban J connectivity index is 1.98. The molecule has 0 aliphatic carbocycles. The van der Waals surface area contributed by atoms with Crippen molar-refractivity contribution in [3.05, 3.63) is 29.3 Å². The molecule has 1 unspecified atom stereocenters. The molecule has 1 aliphatic heterocycles. The number of hydrogen-bond acceptors (Lipinski definition) is 2.